The van der Waals surface area contributed by atoms with E-state index >= 15 is 0 Å². The summed E-state index contributed by atoms with van der Waals surface area (Å²) in [5, 5.41) is 8.49. The summed E-state index contributed by atoms with van der Waals surface area (Å²) < 4.78 is 7.08. The van der Waals surface area contributed by atoms with E-state index in [-0.39, 0.29) is 0 Å². The Kier molecular flexibility index (Phi) is 15.8. The topological polar surface area (TPSA) is 37.3 Å². The van der Waals surface area contributed by atoms with E-state index in [9.17, 15) is 4.79 Å². The zero-order valence-electron chi connectivity index (χ0n) is 15.9. The Morgan fingerprint density at radius 3 is 1.75 bits per heavy atom. The van der Waals surface area contributed by atoms with E-state index < -0.39 is 12.0 Å². The third kappa shape index (κ3) is 19.9. The molecule has 2 nitrogen and oxygen atoms in total. The summed E-state index contributed by atoms with van der Waals surface area (Å²) in [6.07, 6.45) is 30.8. The van der Waals surface area contributed by atoms with Gasteiger partial charge in [-0.25, -0.2) is 4.79 Å². The van der Waals surface area contributed by atoms with Gasteiger partial charge in [-0.1, -0.05) is 112 Å². The second kappa shape index (κ2) is 19.0. The number of hydrogen-bond acceptors (Lipinski definition) is 1. The first-order valence-electron chi connectivity index (χ1n) is 9.42. The summed E-state index contributed by atoms with van der Waals surface area (Å²) in [4.78, 5) is 10.4. The first kappa shape index (κ1) is 20.0. The highest BCUT2D eigenvalue weighted by Gasteiger charge is 1.88. The molecular formula is C22H32O2. The molecule has 0 atom stereocenters. The molecule has 0 aromatic rings. The van der Waals surface area contributed by atoms with E-state index in [2.05, 4.69) is 19.1 Å². The van der Waals surface area contributed by atoms with Crippen LogP contribution in [0.15, 0.2) is 72.9 Å². The summed E-state index contributed by atoms with van der Waals surface area (Å²) in [6, 6.07) is -0.425. The van der Waals surface area contributed by atoms with Crippen molar-refractivity contribution in [2.24, 2.45) is 0 Å². The lowest BCUT2D eigenvalue weighted by Crippen LogP contribution is -1.84. The monoisotopic (exact) mass is 329 g/mol. The molecule has 0 saturated heterocycles. The SMILES string of the molecule is [2H]C(=CC=CC=CC=CC=CC=CCCCCCCCCC)C(=O)O. The summed E-state index contributed by atoms with van der Waals surface area (Å²) >= 11 is 0. The van der Waals surface area contributed by atoms with Crippen LogP contribution in [0.2, 0.25) is 0 Å². The lowest BCUT2D eigenvalue weighted by molar-refractivity contribution is -0.131. The molecule has 0 radical (unpaired) electrons. The van der Waals surface area contributed by atoms with E-state index in [1.807, 2.05) is 30.4 Å². The molecule has 0 aromatic heterocycles. The molecule has 0 heterocycles. The first-order valence-corrected chi connectivity index (χ1v) is 8.92. The lowest BCUT2D eigenvalue weighted by Gasteiger charge is -1.98. The number of unbranched alkanes of at least 4 members (excludes halogenated alkanes) is 7. The maximum Gasteiger partial charge on any atom is 0.328 e. The molecule has 0 aromatic carbocycles. The molecular weight excluding hydrogens is 296 g/mol. The van der Waals surface area contributed by atoms with Crippen LogP contribution >= 0.6 is 0 Å². The Morgan fingerprint density at radius 2 is 1.21 bits per heavy atom. The normalized spacial score (nSPS) is 14.0. The van der Waals surface area contributed by atoms with E-state index in [4.69, 9.17) is 6.48 Å². The zero-order chi connectivity index (χ0) is 18.6. The second-order valence-electron chi connectivity index (χ2n) is 5.49. The van der Waals surface area contributed by atoms with Gasteiger partial charge in [0.05, 0.1) is 1.37 Å². The van der Waals surface area contributed by atoms with Crippen molar-refractivity contribution in [2.45, 2.75) is 58.3 Å². The Balaban J connectivity index is 3.68. The molecule has 0 spiro atoms. The molecule has 0 saturated carbocycles. The predicted molar refractivity (Wildman–Crippen MR) is 105 cm³/mol. The number of rotatable bonds is 14. The van der Waals surface area contributed by atoms with Crippen molar-refractivity contribution in [1.29, 1.82) is 0 Å². The lowest BCUT2D eigenvalue weighted by atomic mass is 10.1. The Labute approximate surface area is 149 Å². The molecule has 0 amide bonds. The third-order valence-electron chi connectivity index (χ3n) is 3.30. The molecule has 1 N–H and O–H groups in total. The Hall–Kier alpha value is -2.09. The van der Waals surface area contributed by atoms with Crippen LogP contribution in [0.4, 0.5) is 0 Å². The number of allylic oxidation sites excluding steroid dienone is 11. The van der Waals surface area contributed by atoms with E-state index in [0.29, 0.717) is 0 Å². The average Bonchev–Trinajstić information content (AvgIpc) is 2.60. The minimum absolute atomic E-state index is 0.425. The van der Waals surface area contributed by atoms with E-state index in [1.165, 1.54) is 57.1 Å². The zero-order valence-corrected chi connectivity index (χ0v) is 14.9. The van der Waals surface area contributed by atoms with Crippen LogP contribution < -0.4 is 0 Å². The molecule has 0 unspecified atom stereocenters. The van der Waals surface area contributed by atoms with Gasteiger partial charge in [-0.05, 0) is 12.8 Å². The van der Waals surface area contributed by atoms with Gasteiger partial charge in [-0.2, -0.15) is 0 Å². The fourth-order valence-corrected chi connectivity index (χ4v) is 2.02. The van der Waals surface area contributed by atoms with Crippen molar-refractivity contribution in [1.82, 2.24) is 0 Å². The fraction of sp³-hybridized carbons (Fsp3) is 0.409. The minimum atomic E-state index is -1.22. The number of hydrogen-bond donors (Lipinski definition) is 1. The number of carboxylic acid groups (broad SMARTS) is 1. The van der Waals surface area contributed by atoms with Crippen molar-refractivity contribution < 1.29 is 11.3 Å². The van der Waals surface area contributed by atoms with Gasteiger partial charge in [-0.3, -0.25) is 0 Å². The van der Waals surface area contributed by atoms with Gasteiger partial charge in [0.2, 0.25) is 0 Å². The van der Waals surface area contributed by atoms with E-state index in [0.717, 1.165) is 6.42 Å². The summed E-state index contributed by atoms with van der Waals surface area (Å²) in [5.41, 5.74) is 0. The number of carbonyl (C=O) groups is 1. The highest BCUT2D eigenvalue weighted by atomic mass is 16.4. The standard InChI is InChI=1S/C22H32O2/c1-2-3-4-5-6-7-8-9-10-11-12-13-14-15-16-17-18-19-20-21-22(23)24/h10-21H,2-9H2,1H3,(H,23,24)/i21D. The summed E-state index contributed by atoms with van der Waals surface area (Å²) in [7, 11) is 0. The molecule has 0 bridgehead atoms. The molecule has 132 valence electrons. The van der Waals surface area contributed by atoms with Crippen LogP contribution in [0.1, 0.15) is 59.7 Å². The van der Waals surface area contributed by atoms with Gasteiger partial charge in [0, 0.05) is 6.05 Å². The largest absolute Gasteiger partial charge is 0.478 e. The van der Waals surface area contributed by atoms with Crippen LogP contribution in [-0.2, 0) is 4.79 Å². The van der Waals surface area contributed by atoms with Crippen LogP contribution in [0.25, 0.3) is 0 Å². The number of aliphatic carboxylic acids is 1. The van der Waals surface area contributed by atoms with Crippen LogP contribution in [0.3, 0.4) is 0 Å². The third-order valence-corrected chi connectivity index (χ3v) is 3.30. The maximum atomic E-state index is 10.4. The Morgan fingerprint density at radius 1 is 0.750 bits per heavy atom. The maximum absolute atomic E-state index is 10.4. The van der Waals surface area contributed by atoms with Gasteiger partial charge in [0.1, 0.15) is 0 Å². The van der Waals surface area contributed by atoms with Gasteiger partial charge in [0.15, 0.2) is 0 Å². The second-order valence-corrected chi connectivity index (χ2v) is 5.49. The van der Waals surface area contributed by atoms with Crippen molar-refractivity contribution in [3.63, 3.8) is 0 Å². The molecule has 2 heteroatoms. The first-order chi connectivity index (χ1) is 12.2. The quantitative estimate of drug-likeness (QED) is 0.223. The van der Waals surface area contributed by atoms with Crippen molar-refractivity contribution in [3.05, 3.63) is 72.9 Å². The summed E-state index contributed by atoms with van der Waals surface area (Å²) in [6.45, 7) is 2.25. The van der Waals surface area contributed by atoms with Crippen LogP contribution in [-0.4, -0.2) is 11.1 Å². The van der Waals surface area contributed by atoms with Crippen LogP contribution in [0.5, 0.6) is 0 Å². The summed E-state index contributed by atoms with van der Waals surface area (Å²) in [5.74, 6) is -1.22. The van der Waals surface area contributed by atoms with Gasteiger partial charge in [0.25, 0.3) is 0 Å². The van der Waals surface area contributed by atoms with Crippen molar-refractivity contribution in [3.8, 4) is 0 Å². The predicted octanol–water partition coefficient (Wildman–Crippen LogP) is 6.55. The molecule has 0 aliphatic rings. The molecule has 0 rings (SSSR count). The smallest absolute Gasteiger partial charge is 0.328 e. The number of carboxylic acids is 1. The minimum Gasteiger partial charge on any atom is -0.478 e. The van der Waals surface area contributed by atoms with Gasteiger partial charge >= 0.3 is 5.97 Å². The average molecular weight is 330 g/mol. The van der Waals surface area contributed by atoms with E-state index in [1.54, 1.807) is 12.2 Å². The van der Waals surface area contributed by atoms with Crippen molar-refractivity contribution >= 4 is 5.97 Å². The fourth-order valence-electron chi connectivity index (χ4n) is 2.02. The Bertz CT molecular complexity index is 508. The highest BCUT2D eigenvalue weighted by Crippen LogP contribution is 2.08. The van der Waals surface area contributed by atoms with Crippen LogP contribution in [0, 0.1) is 0 Å². The highest BCUT2D eigenvalue weighted by molar-refractivity contribution is 5.80. The van der Waals surface area contributed by atoms with Gasteiger partial charge in [-0.15, -0.1) is 0 Å². The molecule has 0 aliphatic heterocycles. The van der Waals surface area contributed by atoms with Gasteiger partial charge < -0.3 is 5.11 Å². The molecule has 0 fully saturated rings. The molecule has 0 aliphatic carbocycles. The van der Waals surface area contributed by atoms with Crippen molar-refractivity contribution in [2.75, 3.05) is 0 Å². The molecule has 24 heavy (non-hydrogen) atoms.